The van der Waals surface area contributed by atoms with Gasteiger partial charge in [-0.15, -0.1) is 0 Å². The predicted molar refractivity (Wildman–Crippen MR) is 80.7 cm³/mol. The average Bonchev–Trinajstić information content (AvgIpc) is 2.37. The van der Waals surface area contributed by atoms with Crippen molar-refractivity contribution in [1.29, 1.82) is 0 Å². The third kappa shape index (κ3) is 3.45. The largest absolute Gasteiger partial charge is 0.399 e. The van der Waals surface area contributed by atoms with E-state index in [0.717, 1.165) is 18.2 Å². The molecule has 2 rings (SSSR count). The first-order valence-corrected chi connectivity index (χ1v) is 8.08. The molecule has 112 valence electrons. The van der Waals surface area contributed by atoms with Gasteiger partial charge in [-0.25, -0.2) is 17.2 Å². The second kappa shape index (κ2) is 5.78. The van der Waals surface area contributed by atoms with Crippen molar-refractivity contribution in [2.24, 2.45) is 0 Å². The Balaban J connectivity index is 2.51. The number of benzene rings is 2. The van der Waals surface area contributed by atoms with Gasteiger partial charge in [0.2, 0.25) is 0 Å². The summed E-state index contributed by atoms with van der Waals surface area (Å²) in [5, 5.41) is -0.0247. The van der Waals surface area contributed by atoms with Crippen LogP contribution in [0.2, 0.25) is 5.02 Å². The number of nitrogens with two attached hydrogens (primary N) is 1. The smallest absolute Gasteiger partial charge is 0.264 e. The minimum Gasteiger partial charge on any atom is -0.399 e. The second-order valence-corrected chi connectivity index (χ2v) is 6.96. The molecule has 0 unspecified atom stereocenters. The summed E-state index contributed by atoms with van der Waals surface area (Å²) in [5.74, 6) is -1.70. The van der Waals surface area contributed by atoms with Crippen LogP contribution < -0.4 is 10.5 Å². The maximum absolute atomic E-state index is 13.9. The van der Waals surface area contributed by atoms with Crippen LogP contribution in [-0.4, -0.2) is 8.42 Å². The number of nitrogen functional groups attached to an aromatic ring is 1. The number of nitrogens with one attached hydrogen (secondary N) is 1. The van der Waals surface area contributed by atoms with E-state index in [1.54, 1.807) is 0 Å². The highest BCUT2D eigenvalue weighted by atomic mass is 79.9. The Morgan fingerprint density at radius 1 is 1.19 bits per heavy atom. The van der Waals surface area contributed by atoms with Gasteiger partial charge in [0, 0.05) is 5.69 Å². The molecule has 0 aromatic heterocycles. The van der Waals surface area contributed by atoms with E-state index in [1.807, 2.05) is 4.72 Å². The Labute approximate surface area is 133 Å². The van der Waals surface area contributed by atoms with Crippen molar-refractivity contribution in [3.63, 3.8) is 0 Å². The van der Waals surface area contributed by atoms with E-state index in [9.17, 15) is 17.2 Å². The van der Waals surface area contributed by atoms with Gasteiger partial charge in [-0.2, -0.15) is 0 Å². The molecule has 9 heteroatoms. The highest BCUT2D eigenvalue weighted by molar-refractivity contribution is 9.10. The maximum atomic E-state index is 13.9. The summed E-state index contributed by atoms with van der Waals surface area (Å²) in [5.41, 5.74) is 5.35. The molecule has 0 aliphatic rings. The Bertz CT molecular complexity index is 815. The van der Waals surface area contributed by atoms with E-state index in [4.69, 9.17) is 17.3 Å². The number of hydrogen-bond acceptors (Lipinski definition) is 3. The van der Waals surface area contributed by atoms with Crippen LogP contribution in [-0.2, 0) is 10.0 Å². The van der Waals surface area contributed by atoms with Gasteiger partial charge >= 0.3 is 0 Å². The minimum absolute atomic E-state index is 0.0247. The fourth-order valence-corrected chi connectivity index (χ4v) is 3.59. The average molecular weight is 398 g/mol. The Hall–Kier alpha value is -1.38. The zero-order valence-corrected chi connectivity index (χ0v) is 13.4. The molecule has 2 aromatic rings. The maximum Gasteiger partial charge on any atom is 0.264 e. The van der Waals surface area contributed by atoms with Gasteiger partial charge in [-0.05, 0) is 46.3 Å². The van der Waals surface area contributed by atoms with Crippen molar-refractivity contribution in [1.82, 2.24) is 0 Å². The SMILES string of the molecule is Nc1cc(Br)c(F)c(S(=O)(=O)Nc2cc(F)ccc2Cl)c1. The van der Waals surface area contributed by atoms with Crippen molar-refractivity contribution in [2.75, 3.05) is 10.5 Å². The lowest BCUT2D eigenvalue weighted by molar-refractivity contribution is 0.567. The first-order valence-electron chi connectivity index (χ1n) is 5.43. The highest BCUT2D eigenvalue weighted by Gasteiger charge is 2.23. The van der Waals surface area contributed by atoms with Gasteiger partial charge in [0.1, 0.15) is 10.7 Å². The predicted octanol–water partition coefficient (Wildman–Crippen LogP) is 3.76. The molecule has 0 aliphatic carbocycles. The number of sulfonamides is 1. The Kier molecular flexibility index (Phi) is 4.40. The first kappa shape index (κ1) is 16.0. The van der Waals surface area contributed by atoms with Gasteiger partial charge in [0.25, 0.3) is 10.0 Å². The zero-order valence-electron chi connectivity index (χ0n) is 10.2. The summed E-state index contributed by atoms with van der Waals surface area (Å²) >= 11 is 8.64. The van der Waals surface area contributed by atoms with E-state index >= 15 is 0 Å². The van der Waals surface area contributed by atoms with Gasteiger partial charge in [-0.1, -0.05) is 11.6 Å². The molecule has 0 saturated heterocycles. The molecular formula is C12H8BrClF2N2O2S. The number of anilines is 2. The second-order valence-electron chi connectivity index (χ2n) is 4.04. The number of halogens is 4. The molecule has 21 heavy (non-hydrogen) atoms. The first-order chi connectivity index (χ1) is 9.70. The van der Waals surface area contributed by atoms with Crippen LogP contribution in [0.3, 0.4) is 0 Å². The summed E-state index contributed by atoms with van der Waals surface area (Å²) in [7, 11) is -4.31. The molecule has 0 atom stereocenters. The molecule has 3 N–H and O–H groups in total. The van der Waals surface area contributed by atoms with Crippen molar-refractivity contribution in [2.45, 2.75) is 4.90 Å². The number of hydrogen-bond donors (Lipinski definition) is 2. The van der Waals surface area contributed by atoms with Crippen LogP contribution in [0, 0.1) is 11.6 Å². The highest BCUT2D eigenvalue weighted by Crippen LogP contribution is 2.30. The molecule has 2 aromatic carbocycles. The fourth-order valence-electron chi connectivity index (χ4n) is 1.55. The molecule has 0 spiro atoms. The van der Waals surface area contributed by atoms with Crippen molar-refractivity contribution in [3.05, 3.63) is 51.5 Å². The third-order valence-corrected chi connectivity index (χ3v) is 4.75. The molecule has 0 heterocycles. The van der Waals surface area contributed by atoms with E-state index in [-0.39, 0.29) is 20.9 Å². The normalized spacial score (nSPS) is 11.4. The van der Waals surface area contributed by atoms with E-state index in [1.165, 1.54) is 12.1 Å². The molecule has 0 amide bonds. The fraction of sp³-hybridized carbons (Fsp3) is 0. The van der Waals surface area contributed by atoms with Gasteiger partial charge in [0.05, 0.1) is 15.2 Å². The zero-order chi connectivity index (χ0) is 15.8. The van der Waals surface area contributed by atoms with Gasteiger partial charge in [0.15, 0.2) is 5.82 Å². The molecule has 0 saturated carbocycles. The Morgan fingerprint density at radius 3 is 2.52 bits per heavy atom. The molecule has 0 fully saturated rings. The van der Waals surface area contributed by atoms with Crippen LogP contribution >= 0.6 is 27.5 Å². The summed E-state index contributed by atoms with van der Waals surface area (Å²) in [6.07, 6.45) is 0. The lowest BCUT2D eigenvalue weighted by Crippen LogP contribution is -2.15. The van der Waals surface area contributed by atoms with Gasteiger partial charge in [-0.3, -0.25) is 4.72 Å². The summed E-state index contributed by atoms with van der Waals surface area (Å²) in [6, 6.07) is 5.32. The third-order valence-electron chi connectivity index (χ3n) is 2.48. The standard InChI is InChI=1S/C12H8BrClF2N2O2S/c13-8-4-7(17)5-11(12(8)16)21(19,20)18-10-3-6(15)1-2-9(10)14/h1-5,18H,17H2. The lowest BCUT2D eigenvalue weighted by atomic mass is 10.3. The van der Waals surface area contributed by atoms with Crippen LogP contribution in [0.1, 0.15) is 0 Å². The summed E-state index contributed by atoms with van der Waals surface area (Å²) < 4.78 is 53.4. The van der Waals surface area contributed by atoms with Crippen molar-refractivity contribution in [3.8, 4) is 0 Å². The molecule has 0 aliphatic heterocycles. The van der Waals surface area contributed by atoms with E-state index < -0.39 is 26.6 Å². The van der Waals surface area contributed by atoms with E-state index in [0.29, 0.717) is 0 Å². The van der Waals surface area contributed by atoms with Crippen LogP contribution in [0.4, 0.5) is 20.2 Å². The lowest BCUT2D eigenvalue weighted by Gasteiger charge is -2.11. The Morgan fingerprint density at radius 2 is 1.86 bits per heavy atom. The molecule has 0 radical (unpaired) electrons. The van der Waals surface area contributed by atoms with Crippen LogP contribution in [0.5, 0.6) is 0 Å². The quantitative estimate of drug-likeness (QED) is 0.775. The van der Waals surface area contributed by atoms with Crippen molar-refractivity contribution >= 4 is 48.9 Å². The minimum atomic E-state index is -4.31. The molecule has 4 nitrogen and oxygen atoms in total. The molecular weight excluding hydrogens is 390 g/mol. The van der Waals surface area contributed by atoms with Crippen molar-refractivity contribution < 1.29 is 17.2 Å². The monoisotopic (exact) mass is 396 g/mol. The van der Waals surface area contributed by atoms with E-state index in [2.05, 4.69) is 15.9 Å². The van der Waals surface area contributed by atoms with Crippen LogP contribution in [0.25, 0.3) is 0 Å². The topological polar surface area (TPSA) is 72.2 Å². The molecule has 0 bridgehead atoms. The van der Waals surface area contributed by atoms with Crippen LogP contribution in [0.15, 0.2) is 39.7 Å². The summed E-state index contributed by atoms with van der Waals surface area (Å²) in [4.78, 5) is -0.672. The number of rotatable bonds is 3. The van der Waals surface area contributed by atoms with Gasteiger partial charge < -0.3 is 5.73 Å². The summed E-state index contributed by atoms with van der Waals surface area (Å²) in [6.45, 7) is 0.